The summed E-state index contributed by atoms with van der Waals surface area (Å²) in [6, 6.07) is 11.6. The first-order chi connectivity index (χ1) is 13.0. The Labute approximate surface area is 163 Å². The Kier molecular flexibility index (Phi) is 4.76. The molecule has 0 radical (unpaired) electrons. The number of benzene rings is 2. The fourth-order valence-electron chi connectivity index (χ4n) is 3.66. The average Bonchev–Trinajstić information content (AvgIpc) is 2.67. The molecule has 4 rings (SSSR count). The Morgan fingerprint density at radius 2 is 1.96 bits per heavy atom. The maximum Gasteiger partial charge on any atom is 0.156 e. The molecule has 1 unspecified atom stereocenters. The van der Waals surface area contributed by atoms with E-state index in [4.69, 9.17) is 17.3 Å². The molecule has 140 valence electrons. The fraction of sp³-hybridized carbons (Fsp3) is 0.300. The number of halogens is 1. The van der Waals surface area contributed by atoms with Crippen molar-refractivity contribution in [1.29, 1.82) is 0 Å². The number of nitrogen functional groups attached to an aromatic ring is 1. The van der Waals surface area contributed by atoms with Gasteiger partial charge in [0.15, 0.2) is 5.82 Å². The number of rotatable bonds is 3. The van der Waals surface area contributed by atoms with Gasteiger partial charge in [0, 0.05) is 28.9 Å². The van der Waals surface area contributed by atoms with Gasteiger partial charge in [-0.15, -0.1) is 10.2 Å². The van der Waals surface area contributed by atoms with Gasteiger partial charge in [-0.05, 0) is 38.6 Å². The Hall–Kier alpha value is -2.57. The van der Waals surface area contributed by atoms with Crippen LogP contribution in [0.3, 0.4) is 0 Å². The first-order valence-corrected chi connectivity index (χ1v) is 9.40. The normalized spacial score (nSPS) is 17.9. The summed E-state index contributed by atoms with van der Waals surface area (Å²) in [7, 11) is 2.13. The highest BCUT2D eigenvalue weighted by Gasteiger charge is 2.20. The van der Waals surface area contributed by atoms with Crippen molar-refractivity contribution in [2.45, 2.75) is 18.9 Å². The highest BCUT2D eigenvalue weighted by Crippen LogP contribution is 2.40. The van der Waals surface area contributed by atoms with Crippen molar-refractivity contribution in [2.24, 2.45) is 0 Å². The summed E-state index contributed by atoms with van der Waals surface area (Å²) < 4.78 is 0. The number of nitrogens with zero attached hydrogens (tertiary/aromatic N) is 3. The van der Waals surface area contributed by atoms with Crippen LogP contribution in [0.15, 0.2) is 36.4 Å². The van der Waals surface area contributed by atoms with E-state index in [0.29, 0.717) is 22.3 Å². The van der Waals surface area contributed by atoms with Crippen LogP contribution in [0.1, 0.15) is 12.8 Å². The summed E-state index contributed by atoms with van der Waals surface area (Å²) in [6.45, 7) is 2.10. The standard InChI is InChI=1S/C20H22ClN5O/c1-26-10-4-5-12(11-26)23-20-14-7-3-2-6-13(14)18(24-25-20)15-8-9-16(21)17(22)19(15)27/h2-3,6-9,12,27H,4-5,10-11,22H2,1H3,(H,23,25). The van der Waals surface area contributed by atoms with Gasteiger partial charge in [0.25, 0.3) is 0 Å². The molecule has 27 heavy (non-hydrogen) atoms. The predicted octanol–water partition coefficient (Wildman–Crippen LogP) is 3.74. The molecule has 0 aliphatic carbocycles. The van der Waals surface area contributed by atoms with Crippen LogP contribution in [-0.2, 0) is 0 Å². The van der Waals surface area contributed by atoms with E-state index in [2.05, 4.69) is 27.5 Å². The van der Waals surface area contributed by atoms with Crippen LogP contribution >= 0.6 is 11.6 Å². The lowest BCUT2D eigenvalue weighted by Gasteiger charge is -2.30. The predicted molar refractivity (Wildman–Crippen MR) is 110 cm³/mol. The minimum Gasteiger partial charge on any atom is -0.505 e. The molecule has 7 heteroatoms. The summed E-state index contributed by atoms with van der Waals surface area (Å²) in [5.74, 6) is 0.688. The Balaban J connectivity index is 1.78. The zero-order valence-corrected chi connectivity index (χ0v) is 15.9. The molecule has 1 aromatic heterocycles. The number of hydrogen-bond acceptors (Lipinski definition) is 6. The van der Waals surface area contributed by atoms with E-state index in [9.17, 15) is 5.11 Å². The van der Waals surface area contributed by atoms with E-state index in [1.807, 2.05) is 24.3 Å². The van der Waals surface area contributed by atoms with Gasteiger partial charge in [-0.3, -0.25) is 0 Å². The van der Waals surface area contributed by atoms with Gasteiger partial charge in [0.05, 0.1) is 10.7 Å². The topological polar surface area (TPSA) is 87.3 Å². The summed E-state index contributed by atoms with van der Waals surface area (Å²) in [5.41, 5.74) is 7.13. The van der Waals surface area contributed by atoms with Crippen LogP contribution in [0.5, 0.6) is 5.75 Å². The van der Waals surface area contributed by atoms with E-state index in [1.54, 1.807) is 12.1 Å². The maximum atomic E-state index is 10.5. The van der Waals surface area contributed by atoms with Crippen molar-refractivity contribution >= 4 is 33.9 Å². The highest BCUT2D eigenvalue weighted by atomic mass is 35.5. The van der Waals surface area contributed by atoms with Crippen molar-refractivity contribution in [3.05, 3.63) is 41.4 Å². The summed E-state index contributed by atoms with van der Waals surface area (Å²) in [5, 5.41) is 25.0. The lowest BCUT2D eigenvalue weighted by Crippen LogP contribution is -2.40. The molecule has 1 saturated heterocycles. The Morgan fingerprint density at radius 1 is 1.19 bits per heavy atom. The maximum absolute atomic E-state index is 10.5. The van der Waals surface area contributed by atoms with Crippen LogP contribution in [0.4, 0.5) is 11.5 Å². The highest BCUT2D eigenvalue weighted by molar-refractivity contribution is 6.33. The van der Waals surface area contributed by atoms with E-state index in [0.717, 1.165) is 42.5 Å². The van der Waals surface area contributed by atoms with Gasteiger partial charge in [-0.1, -0.05) is 35.9 Å². The first-order valence-electron chi connectivity index (χ1n) is 9.02. The number of anilines is 2. The Morgan fingerprint density at radius 3 is 2.74 bits per heavy atom. The third-order valence-corrected chi connectivity index (χ3v) is 5.40. The van der Waals surface area contributed by atoms with Gasteiger partial charge in [0.2, 0.25) is 0 Å². The second-order valence-electron chi connectivity index (χ2n) is 7.05. The number of fused-ring (bicyclic) bond motifs is 1. The monoisotopic (exact) mass is 383 g/mol. The number of aromatic hydroxyl groups is 1. The van der Waals surface area contributed by atoms with Crippen LogP contribution in [-0.4, -0.2) is 46.4 Å². The number of likely N-dealkylation sites (tertiary alicyclic amines) is 1. The third-order valence-electron chi connectivity index (χ3n) is 5.07. The number of likely N-dealkylation sites (N-methyl/N-ethyl adjacent to an activating group) is 1. The van der Waals surface area contributed by atoms with Gasteiger partial charge >= 0.3 is 0 Å². The average molecular weight is 384 g/mol. The minimum absolute atomic E-state index is 0.0726. The lowest BCUT2D eigenvalue weighted by molar-refractivity contribution is 0.261. The number of phenolic OH excluding ortho intramolecular Hbond substituents is 1. The zero-order valence-electron chi connectivity index (χ0n) is 15.1. The van der Waals surface area contributed by atoms with Gasteiger partial charge in [-0.25, -0.2) is 0 Å². The van der Waals surface area contributed by atoms with E-state index in [-0.39, 0.29) is 11.4 Å². The smallest absolute Gasteiger partial charge is 0.156 e. The molecule has 0 bridgehead atoms. The van der Waals surface area contributed by atoms with E-state index in [1.165, 1.54) is 0 Å². The Bertz CT molecular complexity index is 994. The number of phenols is 1. The van der Waals surface area contributed by atoms with Gasteiger partial charge < -0.3 is 21.1 Å². The number of aromatic nitrogens is 2. The van der Waals surface area contributed by atoms with Crippen LogP contribution in [0.25, 0.3) is 22.0 Å². The molecule has 2 aromatic carbocycles. The molecule has 2 heterocycles. The van der Waals surface area contributed by atoms with E-state index < -0.39 is 0 Å². The molecule has 1 fully saturated rings. The SMILES string of the molecule is CN1CCCC(Nc2nnc(-c3ccc(Cl)c(N)c3O)c3ccccc23)C1. The quantitative estimate of drug-likeness (QED) is 0.471. The molecule has 6 nitrogen and oxygen atoms in total. The molecule has 1 aliphatic heterocycles. The van der Waals surface area contributed by atoms with Crippen LogP contribution in [0.2, 0.25) is 5.02 Å². The first kappa shape index (κ1) is 17.8. The summed E-state index contributed by atoms with van der Waals surface area (Å²) in [4.78, 5) is 2.32. The molecular weight excluding hydrogens is 362 g/mol. The molecule has 4 N–H and O–H groups in total. The van der Waals surface area contributed by atoms with Gasteiger partial charge in [-0.2, -0.15) is 0 Å². The molecule has 3 aromatic rings. The van der Waals surface area contributed by atoms with Gasteiger partial charge in [0.1, 0.15) is 11.4 Å². The number of hydrogen-bond donors (Lipinski definition) is 3. The molecular formula is C20H22ClN5O. The number of nitrogens with two attached hydrogens (primary N) is 1. The third kappa shape index (κ3) is 3.38. The van der Waals surface area contributed by atoms with Crippen molar-refractivity contribution in [2.75, 3.05) is 31.2 Å². The number of nitrogens with one attached hydrogen (secondary N) is 1. The minimum atomic E-state index is -0.0726. The van der Waals surface area contributed by atoms with Crippen molar-refractivity contribution < 1.29 is 5.11 Å². The molecule has 0 amide bonds. The van der Waals surface area contributed by atoms with Crippen molar-refractivity contribution in [3.8, 4) is 17.0 Å². The molecule has 1 atom stereocenters. The van der Waals surface area contributed by atoms with Crippen molar-refractivity contribution in [1.82, 2.24) is 15.1 Å². The van der Waals surface area contributed by atoms with E-state index >= 15 is 0 Å². The largest absolute Gasteiger partial charge is 0.505 e. The second-order valence-corrected chi connectivity index (χ2v) is 7.45. The summed E-state index contributed by atoms with van der Waals surface area (Å²) >= 11 is 6.00. The summed E-state index contributed by atoms with van der Waals surface area (Å²) in [6.07, 6.45) is 2.27. The van der Waals surface area contributed by atoms with Crippen molar-refractivity contribution in [3.63, 3.8) is 0 Å². The van der Waals surface area contributed by atoms with Crippen LogP contribution < -0.4 is 11.1 Å². The molecule has 0 saturated carbocycles. The lowest BCUT2D eigenvalue weighted by atomic mass is 10.0. The van der Waals surface area contributed by atoms with Crippen LogP contribution in [0, 0.1) is 0 Å². The second kappa shape index (κ2) is 7.21. The fourth-order valence-corrected chi connectivity index (χ4v) is 3.81. The number of piperidine rings is 1. The zero-order chi connectivity index (χ0) is 19.0. The molecule has 0 spiro atoms. The molecule has 1 aliphatic rings.